The summed E-state index contributed by atoms with van der Waals surface area (Å²) in [4.78, 5) is 0. The van der Waals surface area contributed by atoms with Gasteiger partial charge in [-0.15, -0.1) is 12.4 Å². The van der Waals surface area contributed by atoms with Crippen molar-refractivity contribution in [3.8, 4) is 17.2 Å². The van der Waals surface area contributed by atoms with Crippen molar-refractivity contribution < 1.29 is 19.3 Å². The molecule has 0 fully saturated rings. The summed E-state index contributed by atoms with van der Waals surface area (Å²) in [6, 6.07) is 1.45. The number of nitrogens with two attached hydrogens (primary N) is 1. The summed E-state index contributed by atoms with van der Waals surface area (Å²) < 4.78 is 15.9. The number of ether oxygens (including phenoxy) is 3. The predicted molar refractivity (Wildman–Crippen MR) is 70.0 cm³/mol. The molecule has 2 rings (SSSR count). The summed E-state index contributed by atoms with van der Waals surface area (Å²) in [5.41, 5.74) is 7.50. The molecule has 0 saturated carbocycles. The number of aliphatic hydroxyl groups excluding tert-OH is 1. The van der Waals surface area contributed by atoms with Gasteiger partial charge in [0.1, 0.15) is 0 Å². The van der Waals surface area contributed by atoms with Gasteiger partial charge < -0.3 is 25.1 Å². The number of aliphatic hydroxyl groups is 1. The van der Waals surface area contributed by atoms with Crippen LogP contribution in [0, 0.1) is 0 Å². The lowest BCUT2D eigenvalue weighted by molar-refractivity contribution is 0.159. The Hall–Kier alpha value is -1.17. The Morgan fingerprint density at radius 3 is 2.28 bits per heavy atom. The Morgan fingerprint density at radius 2 is 1.78 bits per heavy atom. The number of hydrogen-bond acceptors (Lipinski definition) is 5. The summed E-state index contributed by atoms with van der Waals surface area (Å²) in [5, 5.41) is 9.98. The molecule has 0 amide bonds. The molecule has 0 unspecified atom stereocenters. The summed E-state index contributed by atoms with van der Waals surface area (Å²) in [6.45, 7) is 0. The van der Waals surface area contributed by atoms with E-state index in [1.165, 1.54) is 0 Å². The molecular formula is C12H18ClNO4. The summed E-state index contributed by atoms with van der Waals surface area (Å²) >= 11 is 0. The highest BCUT2D eigenvalue weighted by atomic mass is 35.5. The van der Waals surface area contributed by atoms with Crippen molar-refractivity contribution >= 4 is 12.4 Å². The Balaban J connectivity index is 0.00000162. The highest BCUT2D eigenvalue weighted by molar-refractivity contribution is 5.85. The number of fused-ring (bicyclic) bond motifs is 1. The number of benzene rings is 1. The van der Waals surface area contributed by atoms with E-state index in [1.54, 1.807) is 27.4 Å². The van der Waals surface area contributed by atoms with E-state index in [1.807, 2.05) is 0 Å². The van der Waals surface area contributed by atoms with Gasteiger partial charge >= 0.3 is 0 Å². The smallest absolute Gasteiger partial charge is 0.203 e. The number of halogens is 1. The van der Waals surface area contributed by atoms with E-state index in [4.69, 9.17) is 19.9 Å². The zero-order valence-electron chi connectivity index (χ0n) is 10.6. The lowest BCUT2D eigenvalue weighted by Gasteiger charge is -2.16. The fraction of sp³-hybridized carbons (Fsp3) is 0.500. The summed E-state index contributed by atoms with van der Waals surface area (Å²) in [6.07, 6.45) is -0.112. The fourth-order valence-corrected chi connectivity index (χ4v) is 2.29. The van der Waals surface area contributed by atoms with E-state index in [9.17, 15) is 5.11 Å². The molecule has 102 valence electrons. The van der Waals surface area contributed by atoms with Crippen molar-refractivity contribution in [1.29, 1.82) is 0 Å². The van der Waals surface area contributed by atoms with Gasteiger partial charge in [0.2, 0.25) is 5.75 Å². The minimum Gasteiger partial charge on any atom is -0.493 e. The maximum atomic E-state index is 9.98. The van der Waals surface area contributed by atoms with Crippen molar-refractivity contribution in [2.75, 3.05) is 21.3 Å². The highest BCUT2D eigenvalue weighted by Crippen LogP contribution is 2.47. The van der Waals surface area contributed by atoms with Crippen LogP contribution in [0.25, 0.3) is 0 Å². The standard InChI is InChI=1S/C12H17NO4.ClH/c1-15-9-5-6-7(4-8(13)10(6)14)11(16-2)12(9)17-3;/h5,8,10,14H,4,13H2,1-3H3;1H/t8-,10-;/m1./s1. The second-order valence-corrected chi connectivity index (χ2v) is 4.03. The highest BCUT2D eigenvalue weighted by Gasteiger charge is 2.34. The average Bonchev–Trinajstić information content (AvgIpc) is 2.63. The Kier molecular flexibility index (Phi) is 4.67. The van der Waals surface area contributed by atoms with Crippen molar-refractivity contribution in [3.63, 3.8) is 0 Å². The molecule has 0 heterocycles. The van der Waals surface area contributed by atoms with Crippen molar-refractivity contribution in [2.24, 2.45) is 5.73 Å². The largest absolute Gasteiger partial charge is 0.493 e. The minimum atomic E-state index is -0.682. The predicted octanol–water partition coefficient (Wildman–Crippen LogP) is 1.05. The van der Waals surface area contributed by atoms with Crippen LogP contribution in [0.15, 0.2) is 6.07 Å². The maximum absolute atomic E-state index is 9.98. The molecule has 6 heteroatoms. The van der Waals surface area contributed by atoms with Gasteiger partial charge in [-0.05, 0) is 18.1 Å². The van der Waals surface area contributed by atoms with E-state index >= 15 is 0 Å². The fourth-order valence-electron chi connectivity index (χ4n) is 2.29. The molecule has 2 atom stereocenters. The van der Waals surface area contributed by atoms with Gasteiger partial charge in [-0.2, -0.15) is 0 Å². The van der Waals surface area contributed by atoms with Crippen LogP contribution in [0.1, 0.15) is 17.2 Å². The molecule has 1 aromatic rings. The lowest BCUT2D eigenvalue weighted by atomic mass is 10.1. The van der Waals surface area contributed by atoms with Gasteiger partial charge in [0.15, 0.2) is 11.5 Å². The molecule has 1 aliphatic carbocycles. The van der Waals surface area contributed by atoms with Gasteiger partial charge in [0.05, 0.1) is 27.4 Å². The van der Waals surface area contributed by atoms with Crippen LogP contribution in [0.2, 0.25) is 0 Å². The number of hydrogen-bond donors (Lipinski definition) is 2. The van der Waals surface area contributed by atoms with Crippen molar-refractivity contribution in [2.45, 2.75) is 18.6 Å². The van der Waals surface area contributed by atoms with Gasteiger partial charge in [0, 0.05) is 11.6 Å². The number of rotatable bonds is 3. The minimum absolute atomic E-state index is 0. The van der Waals surface area contributed by atoms with E-state index in [0.29, 0.717) is 23.7 Å². The van der Waals surface area contributed by atoms with Crippen LogP contribution in [-0.2, 0) is 6.42 Å². The second kappa shape index (κ2) is 5.65. The van der Waals surface area contributed by atoms with Crippen LogP contribution < -0.4 is 19.9 Å². The Bertz CT molecular complexity index is 439. The molecule has 0 radical (unpaired) electrons. The zero-order valence-corrected chi connectivity index (χ0v) is 11.4. The first-order valence-electron chi connectivity index (χ1n) is 5.39. The third kappa shape index (κ3) is 2.09. The Labute approximate surface area is 112 Å². The zero-order chi connectivity index (χ0) is 12.6. The first kappa shape index (κ1) is 14.9. The van der Waals surface area contributed by atoms with E-state index in [2.05, 4.69) is 0 Å². The molecule has 0 aromatic heterocycles. The van der Waals surface area contributed by atoms with Gasteiger partial charge in [0.25, 0.3) is 0 Å². The van der Waals surface area contributed by atoms with Gasteiger partial charge in [-0.3, -0.25) is 0 Å². The Morgan fingerprint density at radius 1 is 1.17 bits per heavy atom. The summed E-state index contributed by atoms with van der Waals surface area (Å²) in [5.74, 6) is 1.67. The quantitative estimate of drug-likeness (QED) is 0.863. The molecule has 1 aromatic carbocycles. The molecular weight excluding hydrogens is 258 g/mol. The van der Waals surface area contributed by atoms with Crippen LogP contribution in [0.5, 0.6) is 17.2 Å². The van der Waals surface area contributed by atoms with Gasteiger partial charge in [-0.25, -0.2) is 0 Å². The normalized spacial score (nSPS) is 20.9. The number of methoxy groups -OCH3 is 3. The molecule has 3 N–H and O–H groups in total. The third-order valence-corrected chi connectivity index (χ3v) is 3.13. The van der Waals surface area contributed by atoms with Crippen LogP contribution in [0.3, 0.4) is 0 Å². The van der Waals surface area contributed by atoms with Gasteiger partial charge in [-0.1, -0.05) is 0 Å². The van der Waals surface area contributed by atoms with Crippen molar-refractivity contribution in [3.05, 3.63) is 17.2 Å². The van der Waals surface area contributed by atoms with Crippen molar-refractivity contribution in [1.82, 2.24) is 0 Å². The molecule has 1 aliphatic rings. The average molecular weight is 276 g/mol. The third-order valence-electron chi connectivity index (χ3n) is 3.13. The SMILES string of the molecule is COc1cc2c(c(OC)c1OC)C[C@@H](N)[C@@H]2O.Cl. The molecule has 5 nitrogen and oxygen atoms in total. The van der Waals surface area contributed by atoms with E-state index in [0.717, 1.165) is 11.1 Å². The van der Waals surface area contributed by atoms with E-state index in [-0.39, 0.29) is 18.4 Å². The monoisotopic (exact) mass is 275 g/mol. The molecule has 0 spiro atoms. The molecule has 0 aliphatic heterocycles. The molecule has 18 heavy (non-hydrogen) atoms. The molecule has 0 saturated heterocycles. The lowest BCUT2D eigenvalue weighted by Crippen LogP contribution is -2.24. The maximum Gasteiger partial charge on any atom is 0.203 e. The molecule has 0 bridgehead atoms. The van der Waals surface area contributed by atoms with Crippen LogP contribution >= 0.6 is 12.4 Å². The van der Waals surface area contributed by atoms with E-state index < -0.39 is 6.10 Å². The first-order chi connectivity index (χ1) is 8.13. The van der Waals surface area contributed by atoms with Crippen LogP contribution in [-0.4, -0.2) is 32.5 Å². The first-order valence-corrected chi connectivity index (χ1v) is 5.39. The van der Waals surface area contributed by atoms with Crippen LogP contribution in [0.4, 0.5) is 0 Å². The second-order valence-electron chi connectivity index (χ2n) is 4.03. The topological polar surface area (TPSA) is 73.9 Å². The summed E-state index contributed by atoms with van der Waals surface area (Å²) in [7, 11) is 4.66.